The zero-order chi connectivity index (χ0) is 14.5. The van der Waals surface area contributed by atoms with Crippen molar-refractivity contribution in [2.75, 3.05) is 5.43 Å². The van der Waals surface area contributed by atoms with Gasteiger partial charge in [0.2, 0.25) is 0 Å². The van der Waals surface area contributed by atoms with E-state index < -0.39 is 4.92 Å². The van der Waals surface area contributed by atoms with Crippen molar-refractivity contribution in [3.8, 4) is 0 Å². The van der Waals surface area contributed by atoms with E-state index in [4.69, 9.17) is 0 Å². The summed E-state index contributed by atoms with van der Waals surface area (Å²) in [6, 6.07) is 11.5. The molecular weight excluding hydrogens is 392 g/mol. The molecule has 0 aliphatic carbocycles. The Labute approximate surface area is 131 Å². The van der Waals surface area contributed by atoms with Crippen molar-refractivity contribution >= 4 is 48.9 Å². The largest absolute Gasteiger partial charge is 0.271 e. The minimum atomic E-state index is -0.465. The van der Waals surface area contributed by atoms with Crippen LogP contribution in [0.4, 0.5) is 17.1 Å². The Balaban J connectivity index is 2.10. The molecule has 0 bridgehead atoms. The second-order valence-corrected chi connectivity index (χ2v) is 5.48. The van der Waals surface area contributed by atoms with Gasteiger partial charge in [0.05, 0.1) is 10.6 Å². The molecule has 0 radical (unpaired) electrons. The second-order valence-electron chi connectivity index (χ2n) is 3.71. The molecule has 0 unspecified atom stereocenters. The number of anilines is 1. The Morgan fingerprint density at radius 1 is 1.15 bits per heavy atom. The third-order valence-corrected chi connectivity index (χ3v) is 3.43. The normalized spacial score (nSPS) is 10.7. The maximum atomic E-state index is 10.6. The number of hydrogen-bond donors (Lipinski definition) is 1. The Morgan fingerprint density at radius 2 is 1.95 bits per heavy atom. The molecule has 102 valence electrons. The van der Waals surface area contributed by atoms with Crippen LogP contribution in [-0.4, -0.2) is 4.92 Å². The van der Waals surface area contributed by atoms with E-state index in [1.807, 2.05) is 12.1 Å². The molecule has 0 heterocycles. The van der Waals surface area contributed by atoms with Crippen molar-refractivity contribution in [3.05, 3.63) is 61.5 Å². The summed E-state index contributed by atoms with van der Waals surface area (Å²) < 4.78 is 1.71. The average Bonchev–Trinajstić information content (AvgIpc) is 2.41. The van der Waals surface area contributed by atoms with Crippen LogP contribution in [0, 0.1) is 10.1 Å². The van der Waals surface area contributed by atoms with Crippen LogP contribution < -0.4 is 5.43 Å². The molecule has 20 heavy (non-hydrogen) atoms. The molecule has 0 aliphatic heterocycles. The smallest absolute Gasteiger partial charge is 0.260 e. The zero-order valence-corrected chi connectivity index (χ0v) is 13.1. The van der Waals surface area contributed by atoms with Crippen molar-refractivity contribution in [1.82, 2.24) is 0 Å². The van der Waals surface area contributed by atoms with Crippen LogP contribution in [0.15, 0.2) is 61.7 Å². The van der Waals surface area contributed by atoms with E-state index in [1.54, 1.807) is 18.2 Å². The van der Waals surface area contributed by atoms with E-state index in [9.17, 15) is 10.1 Å². The van der Waals surface area contributed by atoms with Gasteiger partial charge in [0.15, 0.2) is 0 Å². The van der Waals surface area contributed by atoms with E-state index in [0.29, 0.717) is 11.4 Å². The molecule has 1 N–H and O–H groups in total. The lowest BCUT2D eigenvalue weighted by Gasteiger charge is -2.00. The number of nitrogens with one attached hydrogen (secondary N) is 1. The summed E-state index contributed by atoms with van der Waals surface area (Å²) in [7, 11) is 0. The standard InChI is InChI=1S/C12H8Br2N4O2/c13-8-4-5-12(11(14)6-8)16-17-15-9-2-1-3-10(7-9)18(19)20/h1-7H,(H,15,16). The molecule has 0 atom stereocenters. The van der Waals surface area contributed by atoms with Crippen LogP contribution in [0.5, 0.6) is 0 Å². The van der Waals surface area contributed by atoms with Crippen molar-refractivity contribution in [2.24, 2.45) is 10.3 Å². The van der Waals surface area contributed by atoms with Gasteiger partial charge in [-0.3, -0.25) is 15.5 Å². The van der Waals surface area contributed by atoms with Crippen LogP contribution in [0.2, 0.25) is 0 Å². The fourth-order valence-electron chi connectivity index (χ4n) is 1.39. The Hall–Kier alpha value is -1.80. The first-order valence-corrected chi connectivity index (χ1v) is 7.01. The number of benzene rings is 2. The summed E-state index contributed by atoms with van der Waals surface area (Å²) in [4.78, 5) is 10.2. The van der Waals surface area contributed by atoms with E-state index in [2.05, 4.69) is 47.6 Å². The first kappa shape index (κ1) is 14.6. The maximum absolute atomic E-state index is 10.6. The molecule has 6 nitrogen and oxygen atoms in total. The first-order valence-electron chi connectivity index (χ1n) is 5.42. The minimum absolute atomic E-state index is 0.00461. The molecular formula is C12H8Br2N4O2. The van der Waals surface area contributed by atoms with Crippen molar-refractivity contribution in [1.29, 1.82) is 0 Å². The molecule has 0 fully saturated rings. The molecule has 0 saturated carbocycles. The number of halogens is 2. The van der Waals surface area contributed by atoms with Gasteiger partial charge in [-0.25, -0.2) is 0 Å². The SMILES string of the molecule is O=[N+]([O-])c1cccc(NN=Nc2ccc(Br)cc2Br)c1. The lowest BCUT2D eigenvalue weighted by molar-refractivity contribution is -0.384. The highest BCUT2D eigenvalue weighted by Gasteiger charge is 2.04. The number of nitro benzene ring substituents is 1. The lowest BCUT2D eigenvalue weighted by Crippen LogP contribution is -1.90. The van der Waals surface area contributed by atoms with E-state index >= 15 is 0 Å². The number of nitro groups is 1. The Kier molecular flexibility index (Phi) is 4.80. The van der Waals surface area contributed by atoms with Crippen LogP contribution in [-0.2, 0) is 0 Å². The molecule has 0 saturated heterocycles. The predicted molar refractivity (Wildman–Crippen MR) is 83.1 cm³/mol. The third kappa shape index (κ3) is 3.84. The van der Waals surface area contributed by atoms with Gasteiger partial charge in [0.1, 0.15) is 5.69 Å². The van der Waals surface area contributed by atoms with Crippen LogP contribution in [0.25, 0.3) is 0 Å². The topological polar surface area (TPSA) is 79.9 Å². The molecule has 8 heteroatoms. The number of non-ortho nitro benzene ring substituents is 1. The fourth-order valence-corrected chi connectivity index (χ4v) is 2.51. The highest BCUT2D eigenvalue weighted by molar-refractivity contribution is 9.11. The van der Waals surface area contributed by atoms with Gasteiger partial charge >= 0.3 is 0 Å². The van der Waals surface area contributed by atoms with Crippen LogP contribution in [0.3, 0.4) is 0 Å². The van der Waals surface area contributed by atoms with Crippen molar-refractivity contribution in [3.63, 3.8) is 0 Å². The second kappa shape index (κ2) is 6.58. The predicted octanol–water partition coefficient (Wildman–Crippen LogP) is 5.23. The fraction of sp³-hybridized carbons (Fsp3) is 0. The molecule has 0 aliphatic rings. The van der Waals surface area contributed by atoms with Gasteiger partial charge in [-0.2, -0.15) is 0 Å². The van der Waals surface area contributed by atoms with Gasteiger partial charge < -0.3 is 0 Å². The quantitative estimate of drug-likeness (QED) is 0.434. The monoisotopic (exact) mass is 398 g/mol. The van der Waals surface area contributed by atoms with Gasteiger partial charge in [-0.05, 0) is 40.2 Å². The van der Waals surface area contributed by atoms with E-state index in [-0.39, 0.29) is 5.69 Å². The summed E-state index contributed by atoms with van der Waals surface area (Å²) in [6.45, 7) is 0. The molecule has 2 aromatic rings. The van der Waals surface area contributed by atoms with Gasteiger partial charge in [-0.15, -0.1) is 5.11 Å². The van der Waals surface area contributed by atoms with Gasteiger partial charge in [0, 0.05) is 21.1 Å². The molecule has 2 aromatic carbocycles. The minimum Gasteiger partial charge on any atom is -0.260 e. The Bertz CT molecular complexity index is 676. The summed E-state index contributed by atoms with van der Waals surface area (Å²) in [6.07, 6.45) is 0. The van der Waals surface area contributed by atoms with Gasteiger partial charge in [-0.1, -0.05) is 27.2 Å². The van der Waals surface area contributed by atoms with E-state index in [0.717, 1.165) is 8.95 Å². The number of hydrogen-bond acceptors (Lipinski definition) is 4. The Morgan fingerprint density at radius 3 is 2.65 bits per heavy atom. The number of rotatable bonds is 4. The molecule has 0 aromatic heterocycles. The molecule has 2 rings (SSSR count). The van der Waals surface area contributed by atoms with Crippen molar-refractivity contribution in [2.45, 2.75) is 0 Å². The molecule has 0 amide bonds. The number of nitrogens with zero attached hydrogens (tertiary/aromatic N) is 3. The summed E-state index contributed by atoms with van der Waals surface area (Å²) in [5.74, 6) is 0. The molecule has 0 spiro atoms. The first-order chi connectivity index (χ1) is 9.56. The zero-order valence-electron chi connectivity index (χ0n) is 9.96. The highest BCUT2D eigenvalue weighted by atomic mass is 79.9. The summed E-state index contributed by atoms with van der Waals surface area (Å²) in [5, 5.41) is 18.4. The maximum Gasteiger partial charge on any atom is 0.271 e. The lowest BCUT2D eigenvalue weighted by atomic mass is 10.3. The van der Waals surface area contributed by atoms with Crippen LogP contribution in [0.1, 0.15) is 0 Å². The highest BCUT2D eigenvalue weighted by Crippen LogP contribution is 2.28. The van der Waals surface area contributed by atoms with Crippen LogP contribution >= 0.6 is 31.9 Å². The van der Waals surface area contributed by atoms with Gasteiger partial charge in [0.25, 0.3) is 5.69 Å². The average molecular weight is 400 g/mol. The third-order valence-electron chi connectivity index (χ3n) is 2.30. The van der Waals surface area contributed by atoms with E-state index in [1.165, 1.54) is 12.1 Å². The summed E-state index contributed by atoms with van der Waals surface area (Å²) in [5.41, 5.74) is 3.79. The summed E-state index contributed by atoms with van der Waals surface area (Å²) >= 11 is 6.70. The van der Waals surface area contributed by atoms with Crippen molar-refractivity contribution < 1.29 is 4.92 Å².